The van der Waals surface area contributed by atoms with Crippen LogP contribution >= 0.6 is 0 Å². The van der Waals surface area contributed by atoms with E-state index in [0.717, 1.165) is 21.9 Å². The molecule has 3 aromatic carbocycles. The minimum atomic E-state index is -1.17. The van der Waals surface area contributed by atoms with Crippen LogP contribution in [0.2, 0.25) is 0 Å². The van der Waals surface area contributed by atoms with Crippen molar-refractivity contribution < 1.29 is 28.6 Å². The maximum Gasteiger partial charge on any atom is 0.331 e. The van der Waals surface area contributed by atoms with E-state index in [4.69, 9.17) is 14.2 Å². The van der Waals surface area contributed by atoms with E-state index >= 15 is 0 Å². The standard InChI is InChI=1S/C27H28N2O6/c1-17(21-11-7-9-19-8-5-6-10-22(19)21)29-24(26(31)35-4)23(25(30)34-3)28(27(29)32)16-18-12-14-20(33-2)15-13-18/h5-15,17,23-24H,16H2,1-4H3. The zero-order valence-electron chi connectivity index (χ0n) is 20.1. The number of methoxy groups -OCH3 is 3. The van der Waals surface area contributed by atoms with Gasteiger partial charge in [-0.1, -0.05) is 54.6 Å². The second-order valence-corrected chi connectivity index (χ2v) is 8.35. The van der Waals surface area contributed by atoms with E-state index in [1.165, 1.54) is 24.0 Å². The zero-order valence-corrected chi connectivity index (χ0v) is 20.1. The highest BCUT2D eigenvalue weighted by molar-refractivity contribution is 5.97. The number of rotatable bonds is 7. The molecule has 1 fully saturated rings. The molecular weight excluding hydrogens is 448 g/mol. The van der Waals surface area contributed by atoms with E-state index in [2.05, 4.69) is 0 Å². The Balaban J connectivity index is 1.79. The van der Waals surface area contributed by atoms with Crippen LogP contribution in [0.25, 0.3) is 10.8 Å². The predicted molar refractivity (Wildman–Crippen MR) is 130 cm³/mol. The lowest BCUT2D eigenvalue weighted by Gasteiger charge is -2.30. The van der Waals surface area contributed by atoms with Crippen LogP contribution in [0.4, 0.5) is 4.79 Å². The zero-order chi connectivity index (χ0) is 25.1. The molecule has 3 aromatic rings. The van der Waals surface area contributed by atoms with Gasteiger partial charge in [0.05, 0.1) is 27.4 Å². The van der Waals surface area contributed by atoms with Crippen molar-refractivity contribution in [1.82, 2.24) is 9.80 Å². The van der Waals surface area contributed by atoms with Crippen molar-refractivity contribution >= 4 is 28.7 Å². The van der Waals surface area contributed by atoms with Crippen molar-refractivity contribution in [3.63, 3.8) is 0 Å². The van der Waals surface area contributed by atoms with E-state index in [0.29, 0.717) is 5.75 Å². The van der Waals surface area contributed by atoms with Gasteiger partial charge in [-0.15, -0.1) is 0 Å². The van der Waals surface area contributed by atoms with E-state index in [9.17, 15) is 14.4 Å². The summed E-state index contributed by atoms with van der Waals surface area (Å²) in [7, 11) is 4.05. The smallest absolute Gasteiger partial charge is 0.331 e. The summed E-state index contributed by atoms with van der Waals surface area (Å²) in [5.74, 6) is -0.697. The Morgan fingerprint density at radius 2 is 1.49 bits per heavy atom. The van der Waals surface area contributed by atoms with Gasteiger partial charge in [0.2, 0.25) is 0 Å². The first-order chi connectivity index (χ1) is 16.9. The first kappa shape index (κ1) is 24.1. The highest BCUT2D eigenvalue weighted by Gasteiger charge is 2.55. The van der Waals surface area contributed by atoms with Gasteiger partial charge in [0.25, 0.3) is 0 Å². The molecule has 35 heavy (non-hydrogen) atoms. The van der Waals surface area contributed by atoms with Crippen molar-refractivity contribution in [2.75, 3.05) is 21.3 Å². The van der Waals surface area contributed by atoms with Crippen LogP contribution in [0.15, 0.2) is 66.7 Å². The topological polar surface area (TPSA) is 85.4 Å². The van der Waals surface area contributed by atoms with E-state index in [-0.39, 0.29) is 6.54 Å². The number of hydrogen-bond acceptors (Lipinski definition) is 6. The molecular formula is C27H28N2O6. The van der Waals surface area contributed by atoms with Crippen molar-refractivity contribution in [2.45, 2.75) is 31.6 Å². The summed E-state index contributed by atoms with van der Waals surface area (Å²) in [5, 5.41) is 1.97. The van der Waals surface area contributed by atoms with Gasteiger partial charge >= 0.3 is 18.0 Å². The molecule has 1 aliphatic heterocycles. The summed E-state index contributed by atoms with van der Waals surface area (Å²) in [6, 6.07) is 17.5. The molecule has 0 spiro atoms. The molecule has 8 nitrogen and oxygen atoms in total. The second-order valence-electron chi connectivity index (χ2n) is 8.35. The molecule has 3 unspecified atom stereocenters. The molecule has 4 rings (SSSR count). The van der Waals surface area contributed by atoms with Gasteiger partial charge in [0.15, 0.2) is 12.1 Å². The number of hydrogen-bond donors (Lipinski definition) is 0. The predicted octanol–water partition coefficient (Wildman–Crippen LogP) is 3.93. The Hall–Kier alpha value is -4.07. The molecule has 0 radical (unpaired) electrons. The van der Waals surface area contributed by atoms with E-state index < -0.39 is 36.1 Å². The van der Waals surface area contributed by atoms with Crippen LogP contribution in [-0.2, 0) is 25.6 Å². The average Bonchev–Trinajstić information content (AvgIpc) is 3.19. The van der Waals surface area contributed by atoms with Gasteiger partial charge in [-0.25, -0.2) is 14.4 Å². The van der Waals surface area contributed by atoms with Crippen LogP contribution in [0.5, 0.6) is 5.75 Å². The molecule has 0 N–H and O–H groups in total. The lowest BCUT2D eigenvalue weighted by atomic mass is 9.97. The van der Waals surface area contributed by atoms with Crippen LogP contribution in [0.3, 0.4) is 0 Å². The molecule has 1 saturated heterocycles. The minimum Gasteiger partial charge on any atom is -0.497 e. The molecule has 182 valence electrons. The number of urea groups is 1. The third-order valence-electron chi connectivity index (χ3n) is 6.49. The van der Waals surface area contributed by atoms with Gasteiger partial charge in [-0.3, -0.25) is 0 Å². The number of amides is 2. The number of benzene rings is 3. The highest BCUT2D eigenvalue weighted by atomic mass is 16.5. The lowest BCUT2D eigenvalue weighted by Crippen LogP contribution is -2.49. The Kier molecular flexibility index (Phi) is 6.91. The molecule has 0 saturated carbocycles. The van der Waals surface area contributed by atoms with Gasteiger partial charge in [-0.2, -0.15) is 0 Å². The van der Waals surface area contributed by atoms with Crippen LogP contribution < -0.4 is 4.74 Å². The molecule has 3 atom stereocenters. The molecule has 1 aliphatic rings. The molecule has 0 aromatic heterocycles. The number of carbonyl (C=O) groups excluding carboxylic acids is 3. The SMILES string of the molecule is COC(=O)C1C(C(=O)OC)N(C(C)c2cccc3ccccc23)C(=O)N1Cc1ccc(OC)cc1. The highest BCUT2D eigenvalue weighted by Crippen LogP contribution is 2.37. The summed E-state index contributed by atoms with van der Waals surface area (Å²) in [6.07, 6.45) is 0. The Morgan fingerprint density at radius 3 is 2.14 bits per heavy atom. The molecule has 8 heteroatoms. The fraction of sp³-hybridized carbons (Fsp3) is 0.296. The minimum absolute atomic E-state index is 0.106. The second kappa shape index (κ2) is 10.0. The Bertz CT molecular complexity index is 1240. The first-order valence-corrected chi connectivity index (χ1v) is 11.3. The van der Waals surface area contributed by atoms with E-state index in [1.807, 2.05) is 61.5 Å². The first-order valence-electron chi connectivity index (χ1n) is 11.3. The van der Waals surface area contributed by atoms with Crippen LogP contribution in [0.1, 0.15) is 24.1 Å². The van der Waals surface area contributed by atoms with E-state index in [1.54, 1.807) is 19.2 Å². The fourth-order valence-corrected chi connectivity index (χ4v) is 4.71. The average molecular weight is 477 g/mol. The molecule has 0 bridgehead atoms. The van der Waals surface area contributed by atoms with Crippen LogP contribution in [0, 0.1) is 0 Å². The number of fused-ring (bicyclic) bond motifs is 1. The van der Waals surface area contributed by atoms with Gasteiger partial charge < -0.3 is 24.0 Å². The quantitative estimate of drug-likeness (QED) is 0.481. The maximum atomic E-state index is 13.9. The molecule has 1 heterocycles. The fourth-order valence-electron chi connectivity index (χ4n) is 4.71. The third kappa shape index (κ3) is 4.39. The van der Waals surface area contributed by atoms with Gasteiger partial charge in [0, 0.05) is 6.54 Å². The number of ether oxygens (including phenoxy) is 3. The Morgan fingerprint density at radius 1 is 0.857 bits per heavy atom. The number of carbonyl (C=O) groups is 3. The largest absolute Gasteiger partial charge is 0.497 e. The van der Waals surface area contributed by atoms with Crippen LogP contribution in [-0.4, -0.2) is 61.2 Å². The normalized spacial score (nSPS) is 18.5. The van der Waals surface area contributed by atoms with Crippen molar-refractivity contribution in [1.29, 1.82) is 0 Å². The monoisotopic (exact) mass is 476 g/mol. The third-order valence-corrected chi connectivity index (χ3v) is 6.49. The molecule has 2 amide bonds. The molecule has 0 aliphatic carbocycles. The summed E-state index contributed by atoms with van der Waals surface area (Å²) >= 11 is 0. The van der Waals surface area contributed by atoms with Gasteiger partial charge in [-0.05, 0) is 41.0 Å². The van der Waals surface area contributed by atoms with Crippen molar-refractivity contribution in [3.05, 3.63) is 77.9 Å². The summed E-state index contributed by atoms with van der Waals surface area (Å²) in [4.78, 5) is 42.6. The lowest BCUT2D eigenvalue weighted by molar-refractivity contribution is -0.155. The van der Waals surface area contributed by atoms with Crippen molar-refractivity contribution in [3.8, 4) is 5.75 Å². The summed E-state index contributed by atoms with van der Waals surface area (Å²) < 4.78 is 15.3. The maximum absolute atomic E-state index is 13.9. The number of esters is 2. The Labute approximate surface area is 204 Å². The summed E-state index contributed by atoms with van der Waals surface area (Å²) in [5.41, 5.74) is 1.64. The van der Waals surface area contributed by atoms with Crippen molar-refractivity contribution in [2.24, 2.45) is 0 Å². The van der Waals surface area contributed by atoms with Gasteiger partial charge in [0.1, 0.15) is 5.75 Å². The summed E-state index contributed by atoms with van der Waals surface area (Å²) in [6.45, 7) is 1.95. The number of nitrogens with zero attached hydrogens (tertiary/aromatic N) is 2.